The van der Waals surface area contributed by atoms with Crippen LogP contribution < -0.4 is 5.32 Å². The highest BCUT2D eigenvalue weighted by Gasteiger charge is 2.17. The van der Waals surface area contributed by atoms with Crippen LogP contribution in [-0.2, 0) is 22.4 Å². The standard InChI is InChI=1S/C21H21N3O3S2/c25-19(13-17-14-27-21(23-17)18-2-1-9-29-18)22-16-5-3-15(4-6-16)12-20(26)24-7-10-28-11-8-24/h1-6,9,14H,7-8,10-13H2,(H,22,25). The predicted molar refractivity (Wildman–Crippen MR) is 116 cm³/mol. The molecule has 3 heterocycles. The van der Waals surface area contributed by atoms with Crippen molar-refractivity contribution in [2.45, 2.75) is 12.8 Å². The number of aromatic nitrogens is 1. The number of carbonyl (C=O) groups is 2. The van der Waals surface area contributed by atoms with Gasteiger partial charge < -0.3 is 14.6 Å². The minimum absolute atomic E-state index is 0.141. The summed E-state index contributed by atoms with van der Waals surface area (Å²) in [7, 11) is 0. The number of nitrogens with zero attached hydrogens (tertiary/aromatic N) is 2. The summed E-state index contributed by atoms with van der Waals surface area (Å²) < 4.78 is 5.44. The first kappa shape index (κ1) is 19.7. The summed E-state index contributed by atoms with van der Waals surface area (Å²) in [6.45, 7) is 1.65. The highest BCUT2D eigenvalue weighted by Crippen LogP contribution is 2.24. The summed E-state index contributed by atoms with van der Waals surface area (Å²) in [6.07, 6.45) is 2.05. The first-order valence-corrected chi connectivity index (χ1v) is 11.4. The molecule has 0 atom stereocenters. The first-order valence-electron chi connectivity index (χ1n) is 9.40. The van der Waals surface area contributed by atoms with Crippen molar-refractivity contribution in [1.29, 1.82) is 0 Å². The summed E-state index contributed by atoms with van der Waals surface area (Å²) >= 11 is 3.43. The Morgan fingerprint density at radius 3 is 2.62 bits per heavy atom. The largest absolute Gasteiger partial charge is 0.444 e. The van der Waals surface area contributed by atoms with E-state index in [1.165, 1.54) is 6.26 Å². The van der Waals surface area contributed by atoms with Gasteiger partial charge in [0, 0.05) is 30.3 Å². The van der Waals surface area contributed by atoms with Gasteiger partial charge in [-0.1, -0.05) is 18.2 Å². The van der Waals surface area contributed by atoms with Gasteiger partial charge in [0.15, 0.2) is 0 Å². The topological polar surface area (TPSA) is 75.4 Å². The van der Waals surface area contributed by atoms with Gasteiger partial charge in [0.05, 0.1) is 23.4 Å². The van der Waals surface area contributed by atoms with Crippen LogP contribution in [0.4, 0.5) is 5.69 Å². The molecule has 0 unspecified atom stereocenters. The number of anilines is 1. The van der Waals surface area contributed by atoms with Crippen molar-refractivity contribution in [3.63, 3.8) is 0 Å². The van der Waals surface area contributed by atoms with Gasteiger partial charge in [-0.25, -0.2) is 4.98 Å². The van der Waals surface area contributed by atoms with Gasteiger partial charge in [-0.2, -0.15) is 11.8 Å². The minimum Gasteiger partial charge on any atom is -0.444 e. The van der Waals surface area contributed by atoms with Crippen molar-refractivity contribution in [3.8, 4) is 10.8 Å². The molecule has 1 aliphatic rings. The zero-order chi connectivity index (χ0) is 20.1. The van der Waals surface area contributed by atoms with E-state index in [4.69, 9.17) is 4.42 Å². The van der Waals surface area contributed by atoms with Gasteiger partial charge in [-0.15, -0.1) is 11.3 Å². The monoisotopic (exact) mass is 427 g/mol. The molecule has 6 nitrogen and oxygen atoms in total. The van der Waals surface area contributed by atoms with Gasteiger partial charge in [-0.05, 0) is 29.1 Å². The number of thioether (sulfide) groups is 1. The van der Waals surface area contributed by atoms with Crippen molar-refractivity contribution >= 4 is 40.6 Å². The fourth-order valence-corrected chi connectivity index (χ4v) is 4.63. The Labute approximate surface area is 177 Å². The van der Waals surface area contributed by atoms with Crippen LogP contribution in [0.5, 0.6) is 0 Å². The number of hydrogen-bond acceptors (Lipinski definition) is 6. The van der Waals surface area contributed by atoms with Crippen LogP contribution in [0, 0.1) is 0 Å². The lowest BCUT2D eigenvalue weighted by Gasteiger charge is -2.26. The van der Waals surface area contributed by atoms with Crippen LogP contribution in [0.3, 0.4) is 0 Å². The average molecular weight is 428 g/mol. The molecule has 1 aromatic carbocycles. The van der Waals surface area contributed by atoms with Crippen LogP contribution in [-0.4, -0.2) is 46.3 Å². The molecule has 2 amide bonds. The predicted octanol–water partition coefficient (Wildman–Crippen LogP) is 3.70. The third kappa shape index (κ3) is 5.27. The van der Waals surface area contributed by atoms with Crippen molar-refractivity contribution < 1.29 is 14.0 Å². The molecule has 1 saturated heterocycles. The van der Waals surface area contributed by atoms with E-state index >= 15 is 0 Å². The lowest BCUT2D eigenvalue weighted by atomic mass is 10.1. The molecule has 8 heteroatoms. The second kappa shape index (κ2) is 9.28. The van der Waals surface area contributed by atoms with Crippen LogP contribution in [0.15, 0.2) is 52.5 Å². The average Bonchev–Trinajstić information content (AvgIpc) is 3.42. The van der Waals surface area contributed by atoms with E-state index in [1.807, 2.05) is 58.4 Å². The van der Waals surface area contributed by atoms with Crippen molar-refractivity contribution in [2.75, 3.05) is 29.9 Å². The fourth-order valence-electron chi connectivity index (χ4n) is 3.08. The number of amides is 2. The molecule has 29 heavy (non-hydrogen) atoms. The molecule has 1 aliphatic heterocycles. The molecule has 0 saturated carbocycles. The zero-order valence-corrected chi connectivity index (χ0v) is 17.4. The number of benzene rings is 1. The highest BCUT2D eigenvalue weighted by molar-refractivity contribution is 7.99. The number of oxazole rings is 1. The maximum Gasteiger partial charge on any atom is 0.236 e. The number of carbonyl (C=O) groups excluding carboxylic acids is 2. The Kier molecular flexibility index (Phi) is 6.31. The normalized spacial score (nSPS) is 14.0. The van der Waals surface area contributed by atoms with E-state index in [0.29, 0.717) is 23.7 Å². The fraction of sp³-hybridized carbons (Fsp3) is 0.286. The Morgan fingerprint density at radius 2 is 1.90 bits per heavy atom. The van der Waals surface area contributed by atoms with E-state index in [0.717, 1.165) is 35.0 Å². The van der Waals surface area contributed by atoms with Crippen LogP contribution >= 0.6 is 23.1 Å². The Bertz CT molecular complexity index is 961. The van der Waals surface area contributed by atoms with E-state index in [1.54, 1.807) is 11.3 Å². The molecule has 1 fully saturated rings. The van der Waals surface area contributed by atoms with E-state index in [9.17, 15) is 9.59 Å². The van der Waals surface area contributed by atoms with Crippen molar-refractivity contribution in [2.24, 2.45) is 0 Å². The SMILES string of the molecule is O=C(Cc1coc(-c2cccs2)n1)Nc1ccc(CC(=O)N2CCSCC2)cc1. The van der Waals surface area contributed by atoms with Gasteiger partial charge in [0.1, 0.15) is 6.26 Å². The molecule has 3 aromatic rings. The molecule has 0 aliphatic carbocycles. The second-order valence-electron chi connectivity index (χ2n) is 6.71. The lowest BCUT2D eigenvalue weighted by Crippen LogP contribution is -2.38. The Morgan fingerprint density at radius 1 is 1.10 bits per heavy atom. The maximum absolute atomic E-state index is 12.4. The van der Waals surface area contributed by atoms with Crippen molar-refractivity contribution in [3.05, 3.63) is 59.3 Å². The third-order valence-corrected chi connectivity index (χ3v) is 6.38. The molecule has 1 N–H and O–H groups in total. The van der Waals surface area contributed by atoms with E-state index < -0.39 is 0 Å². The number of rotatable bonds is 6. The van der Waals surface area contributed by atoms with Gasteiger partial charge in [0.25, 0.3) is 0 Å². The molecule has 0 radical (unpaired) electrons. The van der Waals surface area contributed by atoms with Gasteiger partial charge in [-0.3, -0.25) is 9.59 Å². The lowest BCUT2D eigenvalue weighted by molar-refractivity contribution is -0.130. The summed E-state index contributed by atoms with van der Waals surface area (Å²) in [4.78, 5) is 31.9. The molecule has 4 rings (SSSR count). The minimum atomic E-state index is -0.161. The molecule has 0 bridgehead atoms. The molecule has 150 valence electrons. The quantitative estimate of drug-likeness (QED) is 0.649. The number of hydrogen-bond donors (Lipinski definition) is 1. The molecular weight excluding hydrogens is 406 g/mol. The smallest absolute Gasteiger partial charge is 0.236 e. The van der Waals surface area contributed by atoms with Crippen molar-refractivity contribution in [1.82, 2.24) is 9.88 Å². The number of nitrogens with one attached hydrogen (secondary N) is 1. The Balaban J connectivity index is 1.29. The molecule has 2 aromatic heterocycles. The first-order chi connectivity index (χ1) is 14.2. The maximum atomic E-state index is 12.4. The van der Waals surface area contributed by atoms with E-state index in [-0.39, 0.29) is 18.2 Å². The molecular formula is C21H21N3O3S2. The summed E-state index contributed by atoms with van der Waals surface area (Å²) in [5, 5.41) is 4.82. The highest BCUT2D eigenvalue weighted by atomic mass is 32.2. The summed E-state index contributed by atoms with van der Waals surface area (Å²) in [5.74, 6) is 2.55. The van der Waals surface area contributed by atoms with Gasteiger partial charge >= 0.3 is 0 Å². The Hall–Kier alpha value is -2.58. The van der Waals surface area contributed by atoms with Crippen LogP contribution in [0.2, 0.25) is 0 Å². The summed E-state index contributed by atoms with van der Waals surface area (Å²) in [5.41, 5.74) is 2.23. The molecule has 0 spiro atoms. The summed E-state index contributed by atoms with van der Waals surface area (Å²) in [6, 6.07) is 11.3. The third-order valence-electron chi connectivity index (χ3n) is 4.58. The van der Waals surface area contributed by atoms with Gasteiger partial charge in [0.2, 0.25) is 17.7 Å². The van der Waals surface area contributed by atoms with Crippen LogP contribution in [0.25, 0.3) is 10.8 Å². The second-order valence-corrected chi connectivity index (χ2v) is 8.89. The number of thiophene rings is 1. The van der Waals surface area contributed by atoms with E-state index in [2.05, 4.69) is 10.3 Å². The zero-order valence-electron chi connectivity index (χ0n) is 15.8. The van der Waals surface area contributed by atoms with Crippen LogP contribution in [0.1, 0.15) is 11.3 Å².